The maximum Gasteiger partial charge on any atom is -0.0149 e. The standard InChI is InChI=1S/C4H6.H4Si/c1-3-4-2;/h3-4H,1-2H2;1H4. The molecule has 0 saturated heterocycles. The Morgan fingerprint density at radius 3 is 1.20 bits per heavy atom. The van der Waals surface area contributed by atoms with Crippen molar-refractivity contribution in [2.24, 2.45) is 0 Å². The van der Waals surface area contributed by atoms with Crippen LogP contribution in [0.3, 0.4) is 0 Å². The first kappa shape index (κ1) is 8.83. The van der Waals surface area contributed by atoms with Crippen molar-refractivity contribution in [1.82, 2.24) is 0 Å². The van der Waals surface area contributed by atoms with Gasteiger partial charge in [0, 0.05) is 0 Å². The highest BCUT2D eigenvalue weighted by atomic mass is 28.1. The minimum absolute atomic E-state index is 0. The summed E-state index contributed by atoms with van der Waals surface area (Å²) < 4.78 is 0. The van der Waals surface area contributed by atoms with E-state index in [1.807, 2.05) is 0 Å². The van der Waals surface area contributed by atoms with Gasteiger partial charge < -0.3 is 0 Å². The number of allylic oxidation sites excluding steroid dienone is 2. The summed E-state index contributed by atoms with van der Waals surface area (Å²) in [5.74, 6) is 0. The molecule has 0 aliphatic carbocycles. The second-order valence-electron chi connectivity index (χ2n) is 0.471. The molecular weight excluding hydrogens is 76.1 g/mol. The van der Waals surface area contributed by atoms with E-state index in [1.165, 1.54) is 0 Å². The van der Waals surface area contributed by atoms with Gasteiger partial charge >= 0.3 is 0 Å². The molecule has 0 spiro atoms. The first-order valence-corrected chi connectivity index (χ1v) is 1.15. The molecule has 30 valence electrons. The van der Waals surface area contributed by atoms with E-state index < -0.39 is 0 Å². The van der Waals surface area contributed by atoms with Gasteiger partial charge in [-0.2, -0.15) is 0 Å². The third kappa shape index (κ3) is 21.9. The van der Waals surface area contributed by atoms with Crippen molar-refractivity contribution in [3.05, 3.63) is 25.3 Å². The van der Waals surface area contributed by atoms with E-state index in [-0.39, 0.29) is 11.0 Å². The van der Waals surface area contributed by atoms with Gasteiger partial charge in [-0.05, 0) is 11.0 Å². The summed E-state index contributed by atoms with van der Waals surface area (Å²) in [6, 6.07) is 0. The van der Waals surface area contributed by atoms with Crippen molar-refractivity contribution >= 4 is 11.0 Å². The monoisotopic (exact) mass is 86.1 g/mol. The quantitative estimate of drug-likeness (QED) is 0.309. The molecular formula is C4H10Si. The highest BCUT2D eigenvalue weighted by Gasteiger charge is 1.29. The number of rotatable bonds is 1. The zero-order valence-corrected chi connectivity index (χ0v) is 2.57. The van der Waals surface area contributed by atoms with E-state index in [4.69, 9.17) is 0 Å². The molecule has 0 nitrogen and oxygen atoms in total. The van der Waals surface area contributed by atoms with Crippen molar-refractivity contribution in [3.63, 3.8) is 0 Å². The van der Waals surface area contributed by atoms with Gasteiger partial charge in [-0.1, -0.05) is 25.3 Å². The van der Waals surface area contributed by atoms with Gasteiger partial charge in [0.25, 0.3) is 0 Å². The molecule has 0 heterocycles. The Bertz CT molecular complexity index is 24.6. The molecule has 0 saturated carbocycles. The van der Waals surface area contributed by atoms with Gasteiger partial charge in [-0.3, -0.25) is 0 Å². The van der Waals surface area contributed by atoms with Crippen LogP contribution in [0.25, 0.3) is 0 Å². The zero-order valence-electron chi connectivity index (χ0n) is 2.57. The molecule has 0 unspecified atom stereocenters. The van der Waals surface area contributed by atoms with Crippen LogP contribution in [0.2, 0.25) is 0 Å². The lowest BCUT2D eigenvalue weighted by atomic mass is 10.6. The summed E-state index contributed by atoms with van der Waals surface area (Å²) in [5.41, 5.74) is 0. The molecule has 0 aromatic rings. The Morgan fingerprint density at radius 1 is 1.00 bits per heavy atom. The Labute approximate surface area is 37.2 Å². The molecule has 1 heteroatoms. The Hall–Kier alpha value is -0.303. The van der Waals surface area contributed by atoms with Crippen LogP contribution < -0.4 is 0 Å². The Kier molecular flexibility index (Phi) is 16.5. The zero-order chi connectivity index (χ0) is 3.41. The summed E-state index contributed by atoms with van der Waals surface area (Å²) in [4.78, 5) is 0. The Morgan fingerprint density at radius 2 is 1.20 bits per heavy atom. The van der Waals surface area contributed by atoms with Crippen LogP contribution in [0.15, 0.2) is 25.3 Å². The minimum atomic E-state index is 0. The first-order valence-electron chi connectivity index (χ1n) is 1.15. The van der Waals surface area contributed by atoms with Crippen molar-refractivity contribution < 1.29 is 0 Å². The molecule has 0 aromatic carbocycles. The van der Waals surface area contributed by atoms with E-state index in [9.17, 15) is 0 Å². The molecule has 0 aliphatic rings. The second-order valence-corrected chi connectivity index (χ2v) is 0.471. The molecule has 0 aromatic heterocycles. The SMILES string of the molecule is C=CC=C.[SiH4]. The van der Waals surface area contributed by atoms with Gasteiger partial charge in [0.15, 0.2) is 0 Å². The van der Waals surface area contributed by atoms with Gasteiger partial charge in [-0.25, -0.2) is 0 Å². The lowest BCUT2D eigenvalue weighted by Crippen LogP contribution is -1.21. The van der Waals surface area contributed by atoms with E-state index in [0.717, 1.165) is 0 Å². The lowest BCUT2D eigenvalue weighted by molar-refractivity contribution is 2.15. The first-order chi connectivity index (χ1) is 1.91. The van der Waals surface area contributed by atoms with Crippen LogP contribution in [-0.4, -0.2) is 11.0 Å². The van der Waals surface area contributed by atoms with Crippen molar-refractivity contribution in [2.45, 2.75) is 0 Å². The predicted octanol–water partition coefficient (Wildman–Crippen LogP) is -0.0932. The lowest BCUT2D eigenvalue weighted by Gasteiger charge is -1.44. The average Bonchev–Trinajstić information content (AvgIpc) is 1.37. The summed E-state index contributed by atoms with van der Waals surface area (Å²) >= 11 is 0. The van der Waals surface area contributed by atoms with Crippen molar-refractivity contribution in [2.75, 3.05) is 0 Å². The Balaban J connectivity index is 0. The molecule has 0 fully saturated rings. The summed E-state index contributed by atoms with van der Waals surface area (Å²) in [5, 5.41) is 0. The third-order valence-electron chi connectivity index (χ3n) is 0.167. The van der Waals surface area contributed by atoms with E-state index in [1.54, 1.807) is 12.2 Å². The maximum absolute atomic E-state index is 3.36. The van der Waals surface area contributed by atoms with Crippen molar-refractivity contribution in [1.29, 1.82) is 0 Å². The van der Waals surface area contributed by atoms with Gasteiger partial charge in [0.05, 0.1) is 0 Å². The molecule has 0 aliphatic heterocycles. The number of hydrogen-bond donors (Lipinski definition) is 0. The average molecular weight is 86.2 g/mol. The molecule has 0 radical (unpaired) electrons. The second kappa shape index (κ2) is 9.34. The number of hydrogen-bond acceptors (Lipinski definition) is 0. The molecule has 0 atom stereocenters. The fourth-order valence-electron chi connectivity index (χ4n) is 0. The smallest absolute Gasteiger partial charge is 0.0149 e. The van der Waals surface area contributed by atoms with Crippen LogP contribution in [0, 0.1) is 0 Å². The van der Waals surface area contributed by atoms with Gasteiger partial charge in [0.2, 0.25) is 0 Å². The van der Waals surface area contributed by atoms with Crippen LogP contribution in [0.4, 0.5) is 0 Å². The van der Waals surface area contributed by atoms with Gasteiger partial charge in [0.1, 0.15) is 0 Å². The fraction of sp³-hybridized carbons (Fsp3) is 0. The normalized spacial score (nSPS) is 4.00. The molecule has 0 amide bonds. The van der Waals surface area contributed by atoms with E-state index >= 15 is 0 Å². The third-order valence-corrected chi connectivity index (χ3v) is 0.167. The van der Waals surface area contributed by atoms with Crippen LogP contribution in [-0.2, 0) is 0 Å². The molecule has 5 heavy (non-hydrogen) atoms. The van der Waals surface area contributed by atoms with E-state index in [2.05, 4.69) is 13.2 Å². The summed E-state index contributed by atoms with van der Waals surface area (Å²) in [7, 11) is 0. The minimum Gasteiger partial charge on any atom is -0.0991 e. The highest BCUT2D eigenvalue weighted by molar-refractivity contribution is 5.75. The largest absolute Gasteiger partial charge is 0.0991 e. The maximum atomic E-state index is 3.36. The van der Waals surface area contributed by atoms with Crippen molar-refractivity contribution in [3.8, 4) is 0 Å². The molecule has 0 rings (SSSR count). The highest BCUT2D eigenvalue weighted by Crippen LogP contribution is 1.52. The summed E-state index contributed by atoms with van der Waals surface area (Å²) in [6.45, 7) is 6.72. The van der Waals surface area contributed by atoms with E-state index in [0.29, 0.717) is 0 Å². The fourth-order valence-corrected chi connectivity index (χ4v) is 0. The van der Waals surface area contributed by atoms with Crippen LogP contribution in [0.1, 0.15) is 0 Å². The molecule has 0 bridgehead atoms. The predicted molar refractivity (Wildman–Crippen MR) is 31.7 cm³/mol. The topological polar surface area (TPSA) is 0 Å². The van der Waals surface area contributed by atoms with Gasteiger partial charge in [-0.15, -0.1) is 0 Å². The van der Waals surface area contributed by atoms with Crippen LogP contribution >= 0.6 is 0 Å². The molecule has 0 N–H and O–H groups in total. The van der Waals surface area contributed by atoms with Crippen LogP contribution in [0.5, 0.6) is 0 Å². The summed E-state index contributed by atoms with van der Waals surface area (Å²) in [6.07, 6.45) is 3.28.